The molecule has 8 heteroatoms. The molecule has 0 amide bonds. The zero-order chi connectivity index (χ0) is 19.8. The molecule has 2 aromatic carbocycles. The van der Waals surface area contributed by atoms with E-state index in [0.717, 1.165) is 25.5 Å². The van der Waals surface area contributed by atoms with Crippen LogP contribution in [-0.2, 0) is 0 Å². The third-order valence-electron chi connectivity index (χ3n) is 4.83. The maximum absolute atomic E-state index is 14.5. The van der Waals surface area contributed by atoms with Crippen LogP contribution in [0.15, 0.2) is 36.4 Å². The van der Waals surface area contributed by atoms with Gasteiger partial charge in [-0.1, -0.05) is 0 Å². The van der Waals surface area contributed by atoms with Crippen LogP contribution < -0.4 is 9.64 Å². The number of carbonyl (C=O) groups is 1. The molecule has 0 unspecified atom stereocenters. The summed E-state index contributed by atoms with van der Waals surface area (Å²) < 4.78 is 32.6. The van der Waals surface area contributed by atoms with Gasteiger partial charge in [0.25, 0.3) is 0 Å². The van der Waals surface area contributed by atoms with Crippen LogP contribution in [0.5, 0.6) is 5.75 Å². The average molecular weight is 385 g/mol. The first-order valence-electron chi connectivity index (χ1n) is 8.87. The summed E-state index contributed by atoms with van der Waals surface area (Å²) in [6.45, 7) is 2.79. The molecule has 2 heterocycles. The topological polar surface area (TPSA) is 75.6 Å². The van der Waals surface area contributed by atoms with Crippen molar-refractivity contribution in [1.82, 2.24) is 9.97 Å². The van der Waals surface area contributed by atoms with E-state index >= 15 is 0 Å². The highest BCUT2D eigenvalue weighted by Crippen LogP contribution is 2.35. The average Bonchev–Trinajstić information content (AvgIpc) is 3.06. The van der Waals surface area contributed by atoms with Crippen LogP contribution in [0.4, 0.5) is 19.4 Å². The zero-order valence-corrected chi connectivity index (χ0v) is 15.0. The molecule has 0 radical (unpaired) electrons. The molecule has 1 aliphatic heterocycles. The number of nitrogens with zero attached hydrogens (tertiary/aromatic N) is 3. The van der Waals surface area contributed by atoms with E-state index in [9.17, 15) is 13.6 Å². The van der Waals surface area contributed by atoms with Gasteiger partial charge >= 0.3 is 6.16 Å². The molecule has 0 spiro atoms. The number of rotatable bonds is 3. The van der Waals surface area contributed by atoms with Gasteiger partial charge in [-0.15, -0.1) is 0 Å². The SMILES string of the molecule is C[C@H]1CCCN1c1nc2cc(OC(=O)O)ccc2nc1-c1ccc(F)cc1F. The predicted molar refractivity (Wildman–Crippen MR) is 99.6 cm³/mol. The summed E-state index contributed by atoms with van der Waals surface area (Å²) in [6, 6.07) is 8.04. The Bertz CT molecular complexity index is 1070. The molecule has 1 aliphatic rings. The Morgan fingerprint density at radius 1 is 1.18 bits per heavy atom. The highest BCUT2D eigenvalue weighted by molar-refractivity contribution is 5.85. The molecule has 3 aromatic rings. The van der Waals surface area contributed by atoms with Gasteiger partial charge in [0.15, 0.2) is 5.82 Å². The molecule has 0 saturated carbocycles. The van der Waals surface area contributed by atoms with E-state index in [1.54, 1.807) is 6.07 Å². The monoisotopic (exact) mass is 385 g/mol. The normalized spacial score (nSPS) is 16.5. The summed E-state index contributed by atoms with van der Waals surface area (Å²) in [5, 5.41) is 8.81. The Hall–Kier alpha value is -3.29. The standard InChI is InChI=1S/C20H17F2N3O3/c1-11-3-2-8-25(11)19-18(14-6-4-12(21)9-15(14)22)23-16-7-5-13(28-20(26)27)10-17(16)24-19/h4-7,9-11H,2-3,8H2,1H3,(H,26,27)/t11-/m0/s1. The summed E-state index contributed by atoms with van der Waals surface area (Å²) in [7, 11) is 0. The van der Waals surface area contributed by atoms with Crippen molar-refractivity contribution in [3.8, 4) is 17.0 Å². The minimum absolute atomic E-state index is 0.121. The molecule has 1 N–H and O–H groups in total. The second-order valence-corrected chi connectivity index (χ2v) is 6.72. The van der Waals surface area contributed by atoms with Gasteiger partial charge in [-0.3, -0.25) is 0 Å². The molecular formula is C20H17F2N3O3. The Morgan fingerprint density at radius 2 is 2.00 bits per heavy atom. The van der Waals surface area contributed by atoms with Crippen LogP contribution in [0.1, 0.15) is 19.8 Å². The molecule has 28 heavy (non-hydrogen) atoms. The minimum Gasteiger partial charge on any atom is -0.449 e. The van der Waals surface area contributed by atoms with E-state index in [1.807, 2.05) is 11.8 Å². The van der Waals surface area contributed by atoms with Crippen LogP contribution in [0.25, 0.3) is 22.3 Å². The van der Waals surface area contributed by atoms with Crippen molar-refractivity contribution < 1.29 is 23.4 Å². The minimum atomic E-state index is -1.43. The third kappa shape index (κ3) is 3.33. The van der Waals surface area contributed by atoms with Gasteiger partial charge in [-0.25, -0.2) is 23.5 Å². The third-order valence-corrected chi connectivity index (χ3v) is 4.83. The van der Waals surface area contributed by atoms with Crippen molar-refractivity contribution in [1.29, 1.82) is 0 Å². The van der Waals surface area contributed by atoms with Gasteiger partial charge in [0.1, 0.15) is 23.1 Å². The number of anilines is 1. The van der Waals surface area contributed by atoms with Gasteiger partial charge in [0.2, 0.25) is 0 Å². The van der Waals surface area contributed by atoms with Crippen LogP contribution in [-0.4, -0.2) is 33.8 Å². The molecule has 144 valence electrons. The van der Waals surface area contributed by atoms with Crippen molar-refractivity contribution in [2.24, 2.45) is 0 Å². The van der Waals surface area contributed by atoms with Crippen molar-refractivity contribution in [2.45, 2.75) is 25.8 Å². The van der Waals surface area contributed by atoms with E-state index in [1.165, 1.54) is 24.3 Å². The summed E-state index contributed by atoms with van der Waals surface area (Å²) in [6.07, 6.45) is 0.507. The van der Waals surface area contributed by atoms with E-state index in [4.69, 9.17) is 5.11 Å². The lowest BCUT2D eigenvalue weighted by atomic mass is 10.1. The van der Waals surface area contributed by atoms with Crippen LogP contribution >= 0.6 is 0 Å². The largest absolute Gasteiger partial charge is 0.511 e. The first-order chi connectivity index (χ1) is 13.4. The van der Waals surface area contributed by atoms with Gasteiger partial charge in [0, 0.05) is 30.3 Å². The second-order valence-electron chi connectivity index (χ2n) is 6.72. The van der Waals surface area contributed by atoms with E-state index in [2.05, 4.69) is 14.7 Å². The Kier molecular flexibility index (Phi) is 4.54. The maximum Gasteiger partial charge on any atom is 0.511 e. The molecule has 1 atom stereocenters. The molecule has 6 nitrogen and oxygen atoms in total. The number of hydrogen-bond donors (Lipinski definition) is 1. The first kappa shape index (κ1) is 18.1. The highest BCUT2D eigenvalue weighted by atomic mass is 19.1. The van der Waals surface area contributed by atoms with Crippen molar-refractivity contribution >= 4 is 23.0 Å². The summed E-state index contributed by atoms with van der Waals surface area (Å²) in [4.78, 5) is 22.0. The van der Waals surface area contributed by atoms with E-state index in [0.29, 0.717) is 22.5 Å². The molecule has 0 bridgehead atoms. The molecule has 4 rings (SSSR count). The summed E-state index contributed by atoms with van der Waals surface area (Å²) in [5.41, 5.74) is 1.37. The number of aromatic nitrogens is 2. The molecule has 0 aliphatic carbocycles. The quantitative estimate of drug-likeness (QED) is 0.524. The fourth-order valence-electron chi connectivity index (χ4n) is 3.50. The van der Waals surface area contributed by atoms with E-state index < -0.39 is 17.8 Å². The fraction of sp³-hybridized carbons (Fsp3) is 0.250. The molecular weight excluding hydrogens is 368 g/mol. The van der Waals surface area contributed by atoms with Crippen LogP contribution in [0.2, 0.25) is 0 Å². The lowest BCUT2D eigenvalue weighted by molar-refractivity contribution is 0.144. The van der Waals surface area contributed by atoms with Gasteiger partial charge in [0.05, 0.1) is 11.0 Å². The zero-order valence-electron chi connectivity index (χ0n) is 15.0. The lowest BCUT2D eigenvalue weighted by Gasteiger charge is -2.25. The van der Waals surface area contributed by atoms with Crippen molar-refractivity contribution in [3.05, 3.63) is 48.0 Å². The number of halogens is 2. The predicted octanol–water partition coefficient (Wildman–Crippen LogP) is 4.62. The smallest absolute Gasteiger partial charge is 0.449 e. The van der Waals surface area contributed by atoms with Crippen LogP contribution in [0, 0.1) is 11.6 Å². The first-order valence-corrected chi connectivity index (χ1v) is 8.87. The van der Waals surface area contributed by atoms with Crippen molar-refractivity contribution in [3.63, 3.8) is 0 Å². The summed E-state index contributed by atoms with van der Waals surface area (Å²) in [5.74, 6) is -0.778. The number of fused-ring (bicyclic) bond motifs is 1. The van der Waals surface area contributed by atoms with Crippen LogP contribution in [0.3, 0.4) is 0 Å². The van der Waals surface area contributed by atoms with Gasteiger partial charge in [-0.05, 0) is 44.0 Å². The number of carboxylic acid groups (broad SMARTS) is 1. The maximum atomic E-state index is 14.5. The molecule has 1 aromatic heterocycles. The Balaban J connectivity index is 1.92. The van der Waals surface area contributed by atoms with E-state index in [-0.39, 0.29) is 17.4 Å². The second kappa shape index (κ2) is 7.03. The number of ether oxygens (including phenoxy) is 1. The highest BCUT2D eigenvalue weighted by Gasteiger charge is 2.27. The molecule has 1 saturated heterocycles. The van der Waals surface area contributed by atoms with Gasteiger partial charge < -0.3 is 14.7 Å². The number of benzene rings is 2. The number of hydrogen-bond acceptors (Lipinski definition) is 5. The Morgan fingerprint density at radius 3 is 2.68 bits per heavy atom. The summed E-state index contributed by atoms with van der Waals surface area (Å²) >= 11 is 0. The molecule has 1 fully saturated rings. The Labute approximate surface area is 159 Å². The fourth-order valence-corrected chi connectivity index (χ4v) is 3.50. The van der Waals surface area contributed by atoms with Crippen molar-refractivity contribution in [2.75, 3.05) is 11.4 Å². The lowest BCUT2D eigenvalue weighted by Crippen LogP contribution is -2.28. The van der Waals surface area contributed by atoms with Gasteiger partial charge in [-0.2, -0.15) is 0 Å².